The maximum Gasteiger partial charge on any atom is 0.255 e. The monoisotopic (exact) mass is 292 g/mol. The average molecular weight is 293 g/mol. The smallest absolute Gasteiger partial charge is 0.255 e. The van der Waals surface area contributed by atoms with Gasteiger partial charge in [-0.3, -0.25) is 4.79 Å². The van der Waals surface area contributed by atoms with Crippen LogP contribution in [0.5, 0.6) is 0 Å². The Kier molecular flexibility index (Phi) is 5.68. The molecule has 0 aliphatic rings. The predicted octanol–water partition coefficient (Wildman–Crippen LogP) is 1.00. The Labute approximate surface area is 115 Å². The van der Waals surface area contributed by atoms with Gasteiger partial charge in [0.05, 0.1) is 34.5 Å². The van der Waals surface area contributed by atoms with Crippen molar-refractivity contribution in [1.82, 2.24) is 4.90 Å². The Balaban J connectivity index is 3.04. The van der Waals surface area contributed by atoms with Gasteiger partial charge in [0.2, 0.25) is 0 Å². The molecular weight excluding hydrogens is 279 g/mol. The van der Waals surface area contributed by atoms with E-state index in [0.29, 0.717) is 0 Å². The van der Waals surface area contributed by atoms with E-state index in [9.17, 15) is 4.79 Å². The summed E-state index contributed by atoms with van der Waals surface area (Å²) in [6.45, 7) is -0.187. The number of nitrogens with two attached hydrogens (primary N) is 1. The standard InChI is InChI=1S/C11H14Cl2N2O3/c12-8-6-10(14)9(13)5-7(8)11(18)15(1-3-16)2-4-17/h5-6,16-17H,1-4,14H2. The zero-order valence-electron chi connectivity index (χ0n) is 9.57. The van der Waals surface area contributed by atoms with Gasteiger partial charge in [0, 0.05) is 13.1 Å². The van der Waals surface area contributed by atoms with Crippen molar-refractivity contribution in [3.8, 4) is 0 Å². The highest BCUT2D eigenvalue weighted by atomic mass is 35.5. The second-order valence-electron chi connectivity index (χ2n) is 3.59. The first-order chi connectivity index (χ1) is 8.51. The second kappa shape index (κ2) is 6.80. The number of aliphatic hydroxyl groups excluding tert-OH is 2. The summed E-state index contributed by atoms with van der Waals surface area (Å²) in [6.07, 6.45) is 0. The molecule has 1 rings (SSSR count). The number of carbonyl (C=O) groups excluding carboxylic acids is 1. The molecule has 7 heteroatoms. The van der Waals surface area contributed by atoms with Crippen LogP contribution >= 0.6 is 23.2 Å². The number of nitrogens with zero attached hydrogens (tertiary/aromatic N) is 1. The van der Waals surface area contributed by atoms with Gasteiger partial charge in [0.15, 0.2) is 0 Å². The summed E-state index contributed by atoms with van der Waals surface area (Å²) >= 11 is 11.8. The first kappa shape index (κ1) is 15.0. The summed E-state index contributed by atoms with van der Waals surface area (Å²) in [7, 11) is 0. The molecule has 0 spiro atoms. The highest BCUT2D eigenvalue weighted by Crippen LogP contribution is 2.27. The van der Waals surface area contributed by atoms with E-state index in [1.807, 2.05) is 0 Å². The zero-order valence-corrected chi connectivity index (χ0v) is 11.1. The molecule has 0 bridgehead atoms. The lowest BCUT2D eigenvalue weighted by Gasteiger charge is -2.21. The lowest BCUT2D eigenvalue weighted by molar-refractivity contribution is 0.0685. The fraction of sp³-hybridized carbons (Fsp3) is 0.364. The number of benzene rings is 1. The van der Waals surface area contributed by atoms with E-state index in [4.69, 9.17) is 39.1 Å². The third kappa shape index (κ3) is 3.49. The Bertz CT molecular complexity index is 435. The third-order valence-corrected chi connectivity index (χ3v) is 2.98. The number of aliphatic hydroxyl groups is 2. The van der Waals surface area contributed by atoms with Crippen LogP contribution in [-0.2, 0) is 0 Å². The fourth-order valence-electron chi connectivity index (χ4n) is 1.45. The van der Waals surface area contributed by atoms with Crippen LogP contribution in [0.1, 0.15) is 10.4 Å². The van der Waals surface area contributed by atoms with Crippen LogP contribution in [0.15, 0.2) is 12.1 Å². The molecule has 0 heterocycles. The first-order valence-electron chi connectivity index (χ1n) is 5.26. The lowest BCUT2D eigenvalue weighted by Crippen LogP contribution is -2.36. The number of hydrogen-bond acceptors (Lipinski definition) is 4. The number of carbonyl (C=O) groups is 1. The molecule has 18 heavy (non-hydrogen) atoms. The number of hydrogen-bond donors (Lipinski definition) is 3. The van der Waals surface area contributed by atoms with E-state index < -0.39 is 5.91 Å². The summed E-state index contributed by atoms with van der Waals surface area (Å²) < 4.78 is 0. The predicted molar refractivity (Wildman–Crippen MR) is 70.9 cm³/mol. The Hall–Kier alpha value is -1.01. The van der Waals surface area contributed by atoms with E-state index in [1.54, 1.807) is 0 Å². The van der Waals surface area contributed by atoms with Gasteiger partial charge in [-0.1, -0.05) is 23.2 Å². The van der Waals surface area contributed by atoms with Gasteiger partial charge in [0.25, 0.3) is 5.91 Å². The molecule has 100 valence electrons. The Morgan fingerprint density at radius 2 is 1.72 bits per heavy atom. The van der Waals surface area contributed by atoms with E-state index in [0.717, 1.165) is 0 Å². The second-order valence-corrected chi connectivity index (χ2v) is 4.41. The number of nitrogen functional groups attached to an aromatic ring is 1. The van der Waals surface area contributed by atoms with Crippen LogP contribution in [0, 0.1) is 0 Å². The molecule has 0 saturated heterocycles. The van der Waals surface area contributed by atoms with Crippen molar-refractivity contribution in [2.45, 2.75) is 0 Å². The van der Waals surface area contributed by atoms with Crippen LogP contribution in [0.4, 0.5) is 5.69 Å². The van der Waals surface area contributed by atoms with Gasteiger partial charge >= 0.3 is 0 Å². The number of rotatable bonds is 5. The van der Waals surface area contributed by atoms with E-state index in [2.05, 4.69) is 0 Å². The highest BCUT2D eigenvalue weighted by Gasteiger charge is 2.19. The largest absolute Gasteiger partial charge is 0.397 e. The molecule has 1 amide bonds. The van der Waals surface area contributed by atoms with Crippen LogP contribution in [0.2, 0.25) is 10.0 Å². The maximum absolute atomic E-state index is 12.1. The minimum Gasteiger partial charge on any atom is -0.397 e. The van der Waals surface area contributed by atoms with Gasteiger partial charge < -0.3 is 20.8 Å². The van der Waals surface area contributed by atoms with Crippen molar-refractivity contribution in [3.63, 3.8) is 0 Å². The number of halogens is 2. The molecule has 4 N–H and O–H groups in total. The molecule has 0 aromatic heterocycles. The summed E-state index contributed by atoms with van der Waals surface area (Å²) in [5, 5.41) is 18.2. The first-order valence-corrected chi connectivity index (χ1v) is 6.02. The van der Waals surface area contributed by atoms with Crippen molar-refractivity contribution >= 4 is 34.8 Å². The minimum atomic E-state index is -0.412. The molecule has 0 saturated carbocycles. The molecule has 0 fully saturated rings. The van der Waals surface area contributed by atoms with E-state index in [-0.39, 0.29) is 47.6 Å². The van der Waals surface area contributed by atoms with Crippen molar-refractivity contribution in [2.24, 2.45) is 0 Å². The average Bonchev–Trinajstić information content (AvgIpc) is 2.33. The summed E-state index contributed by atoms with van der Waals surface area (Å²) in [6, 6.07) is 2.77. The molecule has 5 nitrogen and oxygen atoms in total. The van der Waals surface area contributed by atoms with Crippen molar-refractivity contribution < 1.29 is 15.0 Å². The molecule has 1 aromatic carbocycles. The zero-order chi connectivity index (χ0) is 13.7. The third-order valence-electron chi connectivity index (χ3n) is 2.34. The Morgan fingerprint density at radius 1 is 1.17 bits per heavy atom. The number of amides is 1. The maximum atomic E-state index is 12.1. The SMILES string of the molecule is Nc1cc(Cl)c(C(=O)N(CCO)CCO)cc1Cl. The van der Waals surface area contributed by atoms with Crippen LogP contribution in [0.25, 0.3) is 0 Å². The van der Waals surface area contributed by atoms with Crippen LogP contribution in [0.3, 0.4) is 0 Å². The highest BCUT2D eigenvalue weighted by molar-refractivity contribution is 6.37. The van der Waals surface area contributed by atoms with Gasteiger partial charge in [-0.25, -0.2) is 0 Å². The molecular formula is C11H14Cl2N2O3. The molecule has 0 radical (unpaired) electrons. The van der Waals surface area contributed by atoms with Gasteiger partial charge in [-0.15, -0.1) is 0 Å². The summed E-state index contributed by atoms with van der Waals surface area (Å²) in [4.78, 5) is 13.4. The van der Waals surface area contributed by atoms with Gasteiger partial charge in [-0.2, -0.15) is 0 Å². The fourth-order valence-corrected chi connectivity index (χ4v) is 1.87. The lowest BCUT2D eigenvalue weighted by atomic mass is 10.1. The quantitative estimate of drug-likeness (QED) is 0.707. The summed E-state index contributed by atoms with van der Waals surface area (Å²) in [5.74, 6) is -0.412. The van der Waals surface area contributed by atoms with Crippen LogP contribution < -0.4 is 5.73 Å². The van der Waals surface area contributed by atoms with E-state index in [1.165, 1.54) is 17.0 Å². The minimum absolute atomic E-state index is 0.109. The molecule has 0 atom stereocenters. The van der Waals surface area contributed by atoms with Crippen molar-refractivity contribution in [3.05, 3.63) is 27.7 Å². The normalized spacial score (nSPS) is 10.4. The molecule has 0 unspecified atom stereocenters. The van der Waals surface area contributed by atoms with Gasteiger partial charge in [0.1, 0.15) is 0 Å². The topological polar surface area (TPSA) is 86.8 Å². The van der Waals surface area contributed by atoms with E-state index >= 15 is 0 Å². The van der Waals surface area contributed by atoms with Crippen molar-refractivity contribution in [2.75, 3.05) is 32.0 Å². The van der Waals surface area contributed by atoms with Crippen LogP contribution in [-0.4, -0.2) is 47.3 Å². The molecule has 0 aliphatic heterocycles. The number of anilines is 1. The van der Waals surface area contributed by atoms with Crippen molar-refractivity contribution in [1.29, 1.82) is 0 Å². The Morgan fingerprint density at radius 3 is 2.22 bits per heavy atom. The molecule has 0 aliphatic carbocycles. The molecule has 1 aromatic rings. The summed E-state index contributed by atoms with van der Waals surface area (Å²) in [5.41, 5.74) is 6.04. The van der Waals surface area contributed by atoms with Gasteiger partial charge in [-0.05, 0) is 12.1 Å².